The van der Waals surface area contributed by atoms with Gasteiger partial charge in [0.2, 0.25) is 5.91 Å². The molecule has 1 aliphatic rings. The molecule has 7 heteroatoms. The van der Waals surface area contributed by atoms with Crippen molar-refractivity contribution in [2.24, 2.45) is 0 Å². The molecule has 1 fully saturated rings. The first kappa shape index (κ1) is 18.7. The summed E-state index contributed by atoms with van der Waals surface area (Å²) in [6, 6.07) is 10.8. The number of hydrogen-bond donors (Lipinski definition) is 0. The van der Waals surface area contributed by atoms with E-state index in [0.29, 0.717) is 33.2 Å². The third-order valence-corrected chi connectivity index (χ3v) is 5.75. The fourth-order valence-electron chi connectivity index (χ4n) is 2.62. The zero-order valence-electron chi connectivity index (χ0n) is 13.5. The van der Waals surface area contributed by atoms with Crippen LogP contribution >= 0.6 is 46.6 Å². The summed E-state index contributed by atoms with van der Waals surface area (Å²) in [6.45, 7) is 2.56. The van der Waals surface area contributed by atoms with Gasteiger partial charge in [-0.3, -0.25) is 9.69 Å². The summed E-state index contributed by atoms with van der Waals surface area (Å²) in [5.41, 5.74) is 1.66. The van der Waals surface area contributed by atoms with Crippen LogP contribution in [0.2, 0.25) is 15.1 Å². The molecule has 2 aromatic carbocycles. The minimum absolute atomic E-state index is 0.0378. The standard InChI is InChI=1S/C18H16Cl3NO2S/c1-2-7-24-17-14(20)8-11(9-15(17)21)18-22(16(23)10-25-18)13-5-3-12(19)4-6-13/h3-6,8-9,18H,2,7,10H2,1H3/t18-/m0/s1. The molecule has 1 aliphatic heterocycles. The lowest BCUT2D eigenvalue weighted by Gasteiger charge is -2.25. The molecule has 1 heterocycles. The van der Waals surface area contributed by atoms with E-state index in [1.807, 2.05) is 31.2 Å². The molecule has 0 saturated carbocycles. The average molecular weight is 417 g/mol. The van der Waals surface area contributed by atoms with E-state index in [-0.39, 0.29) is 11.3 Å². The Morgan fingerprint density at radius 1 is 1.16 bits per heavy atom. The molecular formula is C18H16Cl3NO2S. The second kappa shape index (κ2) is 8.09. The van der Waals surface area contributed by atoms with E-state index in [9.17, 15) is 4.79 Å². The van der Waals surface area contributed by atoms with Gasteiger partial charge in [-0.1, -0.05) is 41.7 Å². The number of carbonyl (C=O) groups excluding carboxylic acids is 1. The van der Waals surface area contributed by atoms with E-state index < -0.39 is 0 Å². The van der Waals surface area contributed by atoms with Crippen LogP contribution in [0, 0.1) is 0 Å². The first-order valence-electron chi connectivity index (χ1n) is 7.82. The number of thioether (sulfide) groups is 1. The van der Waals surface area contributed by atoms with Gasteiger partial charge in [-0.15, -0.1) is 11.8 Å². The van der Waals surface area contributed by atoms with E-state index in [1.54, 1.807) is 17.0 Å². The monoisotopic (exact) mass is 415 g/mol. The smallest absolute Gasteiger partial charge is 0.238 e. The Balaban J connectivity index is 1.94. The largest absolute Gasteiger partial charge is 0.490 e. The molecule has 3 nitrogen and oxygen atoms in total. The van der Waals surface area contributed by atoms with Crippen molar-refractivity contribution in [1.29, 1.82) is 0 Å². The molecule has 0 N–H and O–H groups in total. The van der Waals surface area contributed by atoms with Crippen molar-refractivity contribution in [3.05, 3.63) is 57.0 Å². The van der Waals surface area contributed by atoms with Gasteiger partial charge in [0.15, 0.2) is 5.75 Å². The lowest BCUT2D eigenvalue weighted by atomic mass is 10.1. The molecule has 1 atom stereocenters. The molecule has 132 valence electrons. The number of anilines is 1. The number of halogens is 3. The molecule has 1 saturated heterocycles. The Bertz CT molecular complexity index is 759. The number of rotatable bonds is 5. The summed E-state index contributed by atoms with van der Waals surface area (Å²) in [5.74, 6) is 0.925. The third kappa shape index (κ3) is 4.03. The molecule has 0 bridgehead atoms. The van der Waals surface area contributed by atoms with Crippen LogP contribution in [0.25, 0.3) is 0 Å². The molecule has 3 rings (SSSR count). The highest BCUT2D eigenvalue weighted by atomic mass is 35.5. The van der Waals surface area contributed by atoms with Crippen LogP contribution < -0.4 is 9.64 Å². The van der Waals surface area contributed by atoms with Gasteiger partial charge in [0, 0.05) is 10.7 Å². The number of amides is 1. The minimum Gasteiger partial charge on any atom is -0.490 e. The molecule has 0 radical (unpaired) electrons. The van der Waals surface area contributed by atoms with E-state index in [2.05, 4.69) is 0 Å². The van der Waals surface area contributed by atoms with Gasteiger partial charge in [-0.25, -0.2) is 0 Å². The Morgan fingerprint density at radius 2 is 1.80 bits per heavy atom. The van der Waals surface area contributed by atoms with Crippen molar-refractivity contribution < 1.29 is 9.53 Å². The van der Waals surface area contributed by atoms with E-state index in [1.165, 1.54) is 11.8 Å². The summed E-state index contributed by atoms with van der Waals surface area (Å²) >= 11 is 20.2. The lowest BCUT2D eigenvalue weighted by molar-refractivity contribution is -0.115. The van der Waals surface area contributed by atoms with Gasteiger partial charge in [-0.05, 0) is 48.4 Å². The zero-order valence-corrected chi connectivity index (χ0v) is 16.6. The lowest BCUT2D eigenvalue weighted by Crippen LogP contribution is -2.27. The van der Waals surface area contributed by atoms with Crippen molar-refractivity contribution in [2.75, 3.05) is 17.3 Å². The number of hydrogen-bond acceptors (Lipinski definition) is 3. The van der Waals surface area contributed by atoms with E-state index >= 15 is 0 Å². The van der Waals surface area contributed by atoms with Crippen LogP contribution in [0.5, 0.6) is 5.75 Å². The Kier molecular flexibility index (Phi) is 6.05. The summed E-state index contributed by atoms with van der Waals surface area (Å²) in [6.07, 6.45) is 0.867. The highest BCUT2D eigenvalue weighted by Crippen LogP contribution is 2.45. The average Bonchev–Trinajstić information content (AvgIpc) is 2.96. The Labute approximate surface area is 166 Å². The SMILES string of the molecule is CCCOc1c(Cl)cc([C@@H]2SCC(=O)N2c2ccc(Cl)cc2)cc1Cl. The highest BCUT2D eigenvalue weighted by molar-refractivity contribution is 8.00. The van der Waals surface area contributed by atoms with Crippen LogP contribution in [0.4, 0.5) is 5.69 Å². The number of nitrogens with zero attached hydrogens (tertiary/aromatic N) is 1. The fraction of sp³-hybridized carbons (Fsp3) is 0.278. The minimum atomic E-state index is -0.191. The van der Waals surface area contributed by atoms with Gasteiger partial charge in [0.05, 0.1) is 22.4 Å². The van der Waals surface area contributed by atoms with Crippen LogP contribution in [0.1, 0.15) is 24.3 Å². The van der Waals surface area contributed by atoms with Crippen LogP contribution in [-0.4, -0.2) is 18.3 Å². The zero-order chi connectivity index (χ0) is 18.0. The summed E-state index contributed by atoms with van der Waals surface area (Å²) in [4.78, 5) is 14.1. The molecule has 1 amide bonds. The predicted octanol–water partition coefficient (Wildman–Crippen LogP) is 6.21. The molecule has 25 heavy (non-hydrogen) atoms. The van der Waals surface area contributed by atoms with Gasteiger partial charge >= 0.3 is 0 Å². The molecule has 0 aromatic heterocycles. The van der Waals surface area contributed by atoms with E-state index in [0.717, 1.165) is 17.7 Å². The molecule has 0 spiro atoms. The van der Waals surface area contributed by atoms with Gasteiger partial charge in [0.1, 0.15) is 5.37 Å². The third-order valence-electron chi connectivity index (χ3n) is 3.73. The first-order valence-corrected chi connectivity index (χ1v) is 10.0. The maximum Gasteiger partial charge on any atom is 0.238 e. The number of ether oxygens (including phenoxy) is 1. The van der Waals surface area contributed by atoms with Crippen LogP contribution in [-0.2, 0) is 4.79 Å². The summed E-state index contributed by atoms with van der Waals surface area (Å²) in [7, 11) is 0. The van der Waals surface area contributed by atoms with Crippen molar-refractivity contribution in [1.82, 2.24) is 0 Å². The summed E-state index contributed by atoms with van der Waals surface area (Å²) < 4.78 is 5.61. The van der Waals surface area contributed by atoms with E-state index in [4.69, 9.17) is 39.5 Å². The fourth-order valence-corrected chi connectivity index (χ4v) is 4.51. The topological polar surface area (TPSA) is 29.5 Å². The maximum absolute atomic E-state index is 12.4. The first-order chi connectivity index (χ1) is 12.0. The van der Waals surface area contributed by atoms with Crippen molar-refractivity contribution in [3.63, 3.8) is 0 Å². The van der Waals surface area contributed by atoms with Gasteiger partial charge < -0.3 is 4.74 Å². The van der Waals surface area contributed by atoms with Crippen molar-refractivity contribution in [2.45, 2.75) is 18.7 Å². The quantitative estimate of drug-likeness (QED) is 0.580. The molecule has 2 aromatic rings. The van der Waals surface area contributed by atoms with Gasteiger partial charge in [0.25, 0.3) is 0 Å². The number of carbonyl (C=O) groups is 1. The van der Waals surface area contributed by atoms with Crippen molar-refractivity contribution >= 4 is 58.2 Å². The van der Waals surface area contributed by atoms with Crippen molar-refractivity contribution in [3.8, 4) is 5.75 Å². The highest BCUT2D eigenvalue weighted by Gasteiger charge is 2.34. The maximum atomic E-state index is 12.4. The van der Waals surface area contributed by atoms with Gasteiger partial charge in [-0.2, -0.15) is 0 Å². The molecule has 0 unspecified atom stereocenters. The normalized spacial score (nSPS) is 17.2. The number of benzene rings is 2. The molecular weight excluding hydrogens is 401 g/mol. The van der Waals surface area contributed by atoms with Crippen LogP contribution in [0.3, 0.4) is 0 Å². The second-order valence-electron chi connectivity index (χ2n) is 5.57. The summed E-state index contributed by atoms with van der Waals surface area (Å²) in [5, 5.41) is 1.34. The van der Waals surface area contributed by atoms with Crippen LogP contribution in [0.15, 0.2) is 36.4 Å². The Morgan fingerprint density at radius 3 is 2.40 bits per heavy atom. The second-order valence-corrected chi connectivity index (χ2v) is 7.89. The predicted molar refractivity (Wildman–Crippen MR) is 106 cm³/mol. The molecule has 0 aliphatic carbocycles. The Hall–Kier alpha value is -1.07.